The lowest BCUT2D eigenvalue weighted by atomic mass is 9.79. The van der Waals surface area contributed by atoms with Crippen LogP contribution in [-0.2, 0) is 12.5 Å². The summed E-state index contributed by atoms with van der Waals surface area (Å²) >= 11 is 0. The van der Waals surface area contributed by atoms with Crippen LogP contribution in [-0.4, -0.2) is 13.1 Å². The summed E-state index contributed by atoms with van der Waals surface area (Å²) in [5, 5.41) is 5.07. The van der Waals surface area contributed by atoms with Crippen LogP contribution in [0.1, 0.15) is 31.9 Å². The lowest BCUT2D eigenvalue weighted by molar-refractivity contribution is -0.662. The molecule has 0 saturated carbocycles. The molecule has 0 aliphatic carbocycles. The molecule has 0 atom stereocenters. The first-order valence-corrected chi connectivity index (χ1v) is 14.6. The van der Waals surface area contributed by atoms with Gasteiger partial charge in [-0.15, -0.1) is 0 Å². The van der Waals surface area contributed by atoms with Gasteiger partial charge in [0, 0.05) is 5.56 Å². The van der Waals surface area contributed by atoms with E-state index in [1.807, 2.05) is 6.33 Å². The number of ether oxygens (including phenoxy) is 1. The summed E-state index contributed by atoms with van der Waals surface area (Å²) in [6, 6.07) is 13.3. The highest BCUT2D eigenvalue weighted by Gasteiger charge is 2.36. The van der Waals surface area contributed by atoms with Crippen molar-refractivity contribution in [2.75, 3.05) is 0 Å². The number of benzene rings is 3. The number of aromatic nitrogens is 2. The molecule has 4 aromatic rings. The van der Waals surface area contributed by atoms with E-state index in [9.17, 15) is 0 Å². The van der Waals surface area contributed by atoms with Crippen molar-refractivity contribution in [1.29, 1.82) is 0 Å². The third-order valence-electron chi connectivity index (χ3n) is 6.54. The van der Waals surface area contributed by atoms with Gasteiger partial charge < -0.3 is 4.74 Å². The van der Waals surface area contributed by atoms with Crippen LogP contribution in [0.15, 0.2) is 42.7 Å². The van der Waals surface area contributed by atoms with Crippen LogP contribution in [0.4, 0.5) is 0 Å². The SMILES string of the molecule is Cc1c2c(c(C(C)(C)C)c3ccccc13)Oc1cc([Si](C)(C)C)cc3nc[n+](C)c-2c13. The van der Waals surface area contributed by atoms with Gasteiger partial charge in [0.15, 0.2) is 11.2 Å². The van der Waals surface area contributed by atoms with E-state index in [0.29, 0.717) is 0 Å². The first-order valence-electron chi connectivity index (χ1n) is 11.1. The Morgan fingerprint density at radius 3 is 2.32 bits per heavy atom. The molecule has 1 aliphatic rings. The van der Waals surface area contributed by atoms with E-state index in [0.717, 1.165) is 22.4 Å². The first kappa shape index (κ1) is 20.2. The van der Waals surface area contributed by atoms with Gasteiger partial charge in [-0.2, -0.15) is 0 Å². The fraction of sp³-hybridized carbons (Fsp3) is 0.333. The maximum atomic E-state index is 6.86. The Balaban J connectivity index is 2.01. The van der Waals surface area contributed by atoms with E-state index in [-0.39, 0.29) is 5.41 Å². The molecule has 0 fully saturated rings. The lowest BCUT2D eigenvalue weighted by Crippen LogP contribution is -2.38. The standard InChI is InChI=1S/C27H31N2OSi/c1-16-18-11-9-10-12-19(18)24(27(2,3)4)26-22(16)25-23-20(28-15-29(25)5)13-17(31(6,7)8)14-21(23)30-26/h9-15H,1-8H3/q+1. The predicted octanol–water partition coefficient (Wildman–Crippen LogP) is 6.14. The van der Waals surface area contributed by atoms with Gasteiger partial charge in [-0.3, -0.25) is 0 Å². The van der Waals surface area contributed by atoms with Crippen molar-refractivity contribution in [1.82, 2.24) is 4.98 Å². The molecule has 3 nitrogen and oxygen atoms in total. The predicted molar refractivity (Wildman–Crippen MR) is 132 cm³/mol. The van der Waals surface area contributed by atoms with Crippen LogP contribution < -0.4 is 14.5 Å². The summed E-state index contributed by atoms with van der Waals surface area (Å²) in [6.07, 6.45) is 1.95. The molecule has 0 saturated heterocycles. The van der Waals surface area contributed by atoms with Gasteiger partial charge in [-0.05, 0) is 45.8 Å². The Hall–Kier alpha value is -2.72. The van der Waals surface area contributed by atoms with Crippen molar-refractivity contribution in [2.24, 2.45) is 7.05 Å². The number of aryl methyl sites for hydroxylation is 2. The highest BCUT2D eigenvalue weighted by atomic mass is 28.3. The number of nitrogens with zero attached hydrogens (tertiary/aromatic N) is 2. The molecule has 0 amide bonds. The minimum atomic E-state index is -1.53. The summed E-state index contributed by atoms with van der Waals surface area (Å²) in [7, 11) is 0.567. The van der Waals surface area contributed by atoms with Crippen molar-refractivity contribution in [3.05, 3.63) is 53.9 Å². The molecule has 0 radical (unpaired) electrons. The average molecular weight is 428 g/mol. The fourth-order valence-corrected chi connectivity index (χ4v) is 6.09. The molecule has 0 bridgehead atoms. The molecule has 31 heavy (non-hydrogen) atoms. The molecular weight excluding hydrogens is 396 g/mol. The Morgan fingerprint density at radius 1 is 1.00 bits per heavy atom. The number of hydrogen-bond acceptors (Lipinski definition) is 2. The van der Waals surface area contributed by atoms with Crippen LogP contribution in [0.25, 0.3) is 32.9 Å². The van der Waals surface area contributed by atoms with Crippen LogP contribution in [0.5, 0.6) is 11.5 Å². The number of fused-ring (bicyclic) bond motifs is 3. The van der Waals surface area contributed by atoms with Crippen molar-refractivity contribution in [2.45, 2.75) is 52.8 Å². The van der Waals surface area contributed by atoms with Gasteiger partial charge in [0.25, 0.3) is 6.33 Å². The van der Waals surface area contributed by atoms with Crippen molar-refractivity contribution in [3.63, 3.8) is 0 Å². The minimum Gasteiger partial charge on any atom is -0.455 e. The van der Waals surface area contributed by atoms with Crippen LogP contribution in [0, 0.1) is 6.92 Å². The van der Waals surface area contributed by atoms with Crippen molar-refractivity contribution < 1.29 is 9.30 Å². The van der Waals surface area contributed by atoms with Gasteiger partial charge in [0.2, 0.25) is 0 Å². The average Bonchev–Trinajstić information content (AvgIpc) is 2.68. The normalized spacial score (nSPS) is 13.4. The Kier molecular flexibility index (Phi) is 4.16. The second-order valence-corrected chi connectivity index (χ2v) is 16.0. The molecule has 0 spiro atoms. The molecule has 0 unspecified atom stereocenters. The lowest BCUT2D eigenvalue weighted by Gasteiger charge is -2.31. The largest absolute Gasteiger partial charge is 0.455 e. The molecule has 158 valence electrons. The summed E-state index contributed by atoms with van der Waals surface area (Å²) in [4.78, 5) is 4.80. The second-order valence-electron chi connectivity index (χ2n) is 10.9. The van der Waals surface area contributed by atoms with Crippen LogP contribution in [0.3, 0.4) is 0 Å². The van der Waals surface area contributed by atoms with Crippen LogP contribution >= 0.6 is 0 Å². The Labute approximate surface area is 185 Å². The Morgan fingerprint density at radius 2 is 1.68 bits per heavy atom. The van der Waals surface area contributed by atoms with Gasteiger partial charge in [0.05, 0.1) is 20.7 Å². The Bertz CT molecular complexity index is 1390. The zero-order valence-electron chi connectivity index (χ0n) is 19.8. The van der Waals surface area contributed by atoms with Gasteiger partial charge in [-0.1, -0.05) is 69.9 Å². The van der Waals surface area contributed by atoms with E-state index in [2.05, 4.69) is 95.3 Å². The third kappa shape index (κ3) is 2.92. The maximum Gasteiger partial charge on any atom is 0.287 e. The zero-order valence-corrected chi connectivity index (χ0v) is 20.8. The molecule has 1 aromatic heterocycles. The number of rotatable bonds is 1. The molecule has 0 N–H and O–H groups in total. The molecule has 2 heterocycles. The summed E-state index contributed by atoms with van der Waals surface area (Å²) in [5.41, 5.74) is 5.91. The molecular formula is C27H31N2OSi+. The topological polar surface area (TPSA) is 26.0 Å². The zero-order chi connectivity index (χ0) is 22.3. The molecule has 5 rings (SSSR count). The van der Waals surface area contributed by atoms with E-state index >= 15 is 0 Å². The van der Waals surface area contributed by atoms with E-state index in [4.69, 9.17) is 9.72 Å². The minimum absolute atomic E-state index is 0.0595. The highest BCUT2D eigenvalue weighted by Crippen LogP contribution is 2.52. The fourth-order valence-electron chi connectivity index (χ4n) is 4.96. The second kappa shape index (κ2) is 6.39. The molecule has 3 aromatic carbocycles. The quantitative estimate of drug-likeness (QED) is 0.237. The summed E-state index contributed by atoms with van der Waals surface area (Å²) in [6.45, 7) is 16.2. The molecule has 1 aliphatic heterocycles. The van der Waals surface area contributed by atoms with Gasteiger partial charge in [0.1, 0.15) is 16.9 Å². The van der Waals surface area contributed by atoms with E-state index < -0.39 is 8.07 Å². The third-order valence-corrected chi connectivity index (χ3v) is 8.56. The van der Waals surface area contributed by atoms with Gasteiger partial charge in [-0.25, -0.2) is 4.57 Å². The van der Waals surface area contributed by atoms with E-state index in [1.54, 1.807) is 0 Å². The highest BCUT2D eigenvalue weighted by molar-refractivity contribution is 6.88. The van der Waals surface area contributed by atoms with Gasteiger partial charge >= 0.3 is 0 Å². The summed E-state index contributed by atoms with van der Waals surface area (Å²) < 4.78 is 9.02. The number of hydrogen-bond donors (Lipinski definition) is 0. The van der Waals surface area contributed by atoms with Crippen molar-refractivity contribution >= 4 is 34.9 Å². The summed E-state index contributed by atoms with van der Waals surface area (Å²) in [5.74, 6) is 1.95. The monoisotopic (exact) mass is 427 g/mol. The van der Waals surface area contributed by atoms with E-state index in [1.165, 1.54) is 38.3 Å². The smallest absolute Gasteiger partial charge is 0.287 e. The van der Waals surface area contributed by atoms with Crippen molar-refractivity contribution in [3.8, 4) is 22.8 Å². The first-order chi connectivity index (χ1) is 14.5. The maximum absolute atomic E-state index is 6.86. The van der Waals surface area contributed by atoms with Crippen LogP contribution in [0.2, 0.25) is 19.6 Å². The molecule has 4 heteroatoms.